The molecule has 0 bridgehead atoms. The molecule has 0 saturated carbocycles. The van der Waals surface area contributed by atoms with Crippen molar-refractivity contribution in [3.8, 4) is 0 Å². The highest BCUT2D eigenvalue weighted by Gasteiger charge is 2.38. The molecule has 0 fully saturated rings. The quantitative estimate of drug-likeness (QED) is 0.898. The van der Waals surface area contributed by atoms with Gasteiger partial charge in [0, 0.05) is 6.04 Å². The second-order valence-corrected chi connectivity index (χ2v) is 4.17. The fraction of sp³-hybridized carbons (Fsp3) is 0.556. The van der Waals surface area contributed by atoms with E-state index in [1.807, 2.05) is 6.92 Å². The van der Waals surface area contributed by atoms with E-state index in [1.165, 1.54) is 0 Å². The van der Waals surface area contributed by atoms with Crippen LogP contribution < -0.4 is 5.32 Å². The summed E-state index contributed by atoms with van der Waals surface area (Å²) in [5.74, 6) is -0.718. The van der Waals surface area contributed by atoms with E-state index in [-0.39, 0.29) is 10.9 Å². The smallest absolute Gasteiger partial charge is 0.349 e. The van der Waals surface area contributed by atoms with E-state index in [9.17, 15) is 18.0 Å². The normalized spacial score (nSPS) is 13.6. The van der Waals surface area contributed by atoms with E-state index >= 15 is 0 Å². The second-order valence-electron chi connectivity index (χ2n) is 3.31. The summed E-state index contributed by atoms with van der Waals surface area (Å²) < 4.78 is 37.3. The molecule has 0 spiro atoms. The van der Waals surface area contributed by atoms with Crippen molar-refractivity contribution in [1.29, 1.82) is 0 Å². The first-order valence-electron chi connectivity index (χ1n) is 4.67. The predicted octanol–water partition coefficient (Wildman–Crippen LogP) is 2.69. The van der Waals surface area contributed by atoms with Gasteiger partial charge in [0.25, 0.3) is 5.91 Å². The minimum atomic E-state index is -4.58. The molecule has 0 radical (unpaired) electrons. The molecule has 90 valence electrons. The maximum Gasteiger partial charge on any atom is 0.434 e. The van der Waals surface area contributed by atoms with Crippen LogP contribution in [0.5, 0.6) is 0 Å². The van der Waals surface area contributed by atoms with Crippen molar-refractivity contribution in [3.63, 3.8) is 0 Å². The molecule has 0 saturated heterocycles. The molecule has 0 aliphatic heterocycles. The van der Waals surface area contributed by atoms with Crippen LogP contribution in [0, 0.1) is 0 Å². The first-order chi connectivity index (χ1) is 7.36. The number of rotatable bonds is 3. The van der Waals surface area contributed by atoms with Crippen LogP contribution >= 0.6 is 11.3 Å². The van der Waals surface area contributed by atoms with Gasteiger partial charge in [-0.05, 0) is 13.3 Å². The number of carbonyl (C=O) groups is 1. The summed E-state index contributed by atoms with van der Waals surface area (Å²) >= 11 is 0.694. The lowest BCUT2D eigenvalue weighted by Gasteiger charge is -2.11. The summed E-state index contributed by atoms with van der Waals surface area (Å²) in [5, 5.41) is 2.48. The summed E-state index contributed by atoms with van der Waals surface area (Å²) in [6, 6.07) is -0.157. The maximum atomic E-state index is 12.4. The molecule has 16 heavy (non-hydrogen) atoms. The molecular formula is C9H11F3N2OS. The molecule has 7 heteroatoms. The van der Waals surface area contributed by atoms with E-state index in [1.54, 1.807) is 6.92 Å². The van der Waals surface area contributed by atoms with Crippen molar-refractivity contribution < 1.29 is 18.0 Å². The van der Waals surface area contributed by atoms with Crippen LogP contribution in [0.2, 0.25) is 0 Å². The van der Waals surface area contributed by atoms with Gasteiger partial charge in [-0.2, -0.15) is 13.2 Å². The Morgan fingerprint density at radius 3 is 2.75 bits per heavy atom. The Morgan fingerprint density at radius 2 is 2.25 bits per heavy atom. The Kier molecular flexibility index (Phi) is 3.90. The summed E-state index contributed by atoms with van der Waals surface area (Å²) in [7, 11) is 0. The number of hydrogen-bond acceptors (Lipinski definition) is 3. The molecule has 0 aliphatic carbocycles. The fourth-order valence-corrected chi connectivity index (χ4v) is 1.71. The molecule has 1 unspecified atom stereocenters. The molecule has 0 aromatic carbocycles. The number of halogens is 3. The SMILES string of the molecule is CCC(C)NC(=O)c1scnc1C(F)(F)F. The Morgan fingerprint density at radius 1 is 1.62 bits per heavy atom. The Labute approximate surface area is 94.7 Å². The van der Waals surface area contributed by atoms with E-state index in [2.05, 4.69) is 10.3 Å². The summed E-state index contributed by atoms with van der Waals surface area (Å²) in [5.41, 5.74) is -0.0905. The number of nitrogens with one attached hydrogen (secondary N) is 1. The molecule has 1 rings (SSSR count). The largest absolute Gasteiger partial charge is 0.434 e. The maximum absolute atomic E-state index is 12.4. The highest BCUT2D eigenvalue weighted by molar-refractivity contribution is 7.11. The molecule has 1 N–H and O–H groups in total. The molecule has 3 nitrogen and oxygen atoms in total. The van der Waals surface area contributed by atoms with Gasteiger partial charge in [0.1, 0.15) is 4.88 Å². The number of alkyl halides is 3. The fourth-order valence-electron chi connectivity index (χ4n) is 1.00. The zero-order chi connectivity index (χ0) is 12.3. The lowest BCUT2D eigenvalue weighted by molar-refractivity contribution is -0.141. The predicted molar refractivity (Wildman–Crippen MR) is 54.3 cm³/mol. The number of carbonyl (C=O) groups excluding carboxylic acids is 1. The lowest BCUT2D eigenvalue weighted by atomic mass is 10.2. The lowest BCUT2D eigenvalue weighted by Crippen LogP contribution is -2.32. The van der Waals surface area contributed by atoms with Crippen LogP contribution in [0.1, 0.15) is 35.6 Å². The van der Waals surface area contributed by atoms with Gasteiger partial charge in [0.05, 0.1) is 5.51 Å². The molecule has 1 heterocycles. The Balaban J connectivity index is 2.89. The third-order valence-corrected chi connectivity index (χ3v) is 2.86. The van der Waals surface area contributed by atoms with Crippen LogP contribution in [-0.4, -0.2) is 16.9 Å². The van der Waals surface area contributed by atoms with Crippen molar-refractivity contribution in [3.05, 3.63) is 16.1 Å². The third kappa shape index (κ3) is 2.94. The van der Waals surface area contributed by atoms with E-state index in [4.69, 9.17) is 0 Å². The standard InChI is InChI=1S/C9H11F3N2OS/c1-3-5(2)14-8(15)6-7(9(10,11)12)13-4-16-6/h4-5H,3H2,1-2H3,(H,14,15). The van der Waals surface area contributed by atoms with Gasteiger partial charge < -0.3 is 5.32 Å². The van der Waals surface area contributed by atoms with Crippen molar-refractivity contribution >= 4 is 17.2 Å². The van der Waals surface area contributed by atoms with E-state index in [0.717, 1.165) is 5.51 Å². The van der Waals surface area contributed by atoms with Gasteiger partial charge in [0.15, 0.2) is 5.69 Å². The van der Waals surface area contributed by atoms with Crippen LogP contribution in [0.25, 0.3) is 0 Å². The molecule has 1 aromatic rings. The summed E-state index contributed by atoms with van der Waals surface area (Å²) in [4.78, 5) is 14.3. The van der Waals surface area contributed by atoms with Gasteiger partial charge in [0.2, 0.25) is 0 Å². The molecule has 1 amide bonds. The molecular weight excluding hydrogens is 241 g/mol. The van der Waals surface area contributed by atoms with Crippen molar-refractivity contribution in [2.24, 2.45) is 0 Å². The van der Waals surface area contributed by atoms with Gasteiger partial charge in [-0.15, -0.1) is 11.3 Å². The van der Waals surface area contributed by atoms with Crippen LogP contribution in [0.4, 0.5) is 13.2 Å². The average molecular weight is 252 g/mol. The molecule has 1 atom stereocenters. The number of aromatic nitrogens is 1. The number of amides is 1. The zero-order valence-corrected chi connectivity index (χ0v) is 9.58. The zero-order valence-electron chi connectivity index (χ0n) is 8.76. The monoisotopic (exact) mass is 252 g/mol. The highest BCUT2D eigenvalue weighted by atomic mass is 32.1. The van der Waals surface area contributed by atoms with Crippen LogP contribution in [0.15, 0.2) is 5.51 Å². The van der Waals surface area contributed by atoms with Gasteiger partial charge >= 0.3 is 6.18 Å². The summed E-state index contributed by atoms with van der Waals surface area (Å²) in [6.45, 7) is 3.56. The Hall–Kier alpha value is -1.11. The minimum Gasteiger partial charge on any atom is -0.349 e. The van der Waals surface area contributed by atoms with Gasteiger partial charge in [-0.3, -0.25) is 4.79 Å². The van der Waals surface area contributed by atoms with Crippen LogP contribution in [-0.2, 0) is 6.18 Å². The Bertz CT molecular complexity index is 375. The van der Waals surface area contributed by atoms with E-state index in [0.29, 0.717) is 17.8 Å². The first-order valence-corrected chi connectivity index (χ1v) is 5.55. The topological polar surface area (TPSA) is 42.0 Å². The molecule has 1 aromatic heterocycles. The van der Waals surface area contributed by atoms with Crippen LogP contribution in [0.3, 0.4) is 0 Å². The second kappa shape index (κ2) is 4.82. The number of hydrogen-bond donors (Lipinski definition) is 1. The average Bonchev–Trinajstić information content (AvgIpc) is 2.65. The van der Waals surface area contributed by atoms with Gasteiger partial charge in [-0.25, -0.2) is 4.98 Å². The van der Waals surface area contributed by atoms with Crippen molar-refractivity contribution in [1.82, 2.24) is 10.3 Å². The van der Waals surface area contributed by atoms with E-state index < -0.39 is 17.8 Å². The third-order valence-electron chi connectivity index (χ3n) is 2.03. The van der Waals surface area contributed by atoms with Gasteiger partial charge in [-0.1, -0.05) is 6.92 Å². The van der Waals surface area contributed by atoms with Crippen molar-refractivity contribution in [2.45, 2.75) is 32.5 Å². The summed E-state index contributed by atoms with van der Waals surface area (Å²) in [6.07, 6.45) is -3.92. The molecule has 0 aliphatic rings. The highest BCUT2D eigenvalue weighted by Crippen LogP contribution is 2.32. The first kappa shape index (κ1) is 13.0. The minimum absolute atomic E-state index is 0.157. The number of nitrogens with zero attached hydrogens (tertiary/aromatic N) is 1. The number of thiazole rings is 1. The van der Waals surface area contributed by atoms with Crippen molar-refractivity contribution in [2.75, 3.05) is 0 Å².